The van der Waals surface area contributed by atoms with E-state index in [0.717, 1.165) is 21.9 Å². The van der Waals surface area contributed by atoms with Crippen LogP contribution >= 0.6 is 0 Å². The first-order chi connectivity index (χ1) is 15.5. The fraction of sp³-hybridized carbons (Fsp3) is 0.0769. The van der Waals surface area contributed by atoms with Gasteiger partial charge < -0.3 is 14.7 Å². The number of aromatic amines is 1. The van der Waals surface area contributed by atoms with Crippen molar-refractivity contribution in [1.82, 2.24) is 14.7 Å². The van der Waals surface area contributed by atoms with Gasteiger partial charge in [-0.15, -0.1) is 0 Å². The first-order valence-corrected chi connectivity index (χ1v) is 10.3. The summed E-state index contributed by atoms with van der Waals surface area (Å²) in [5.74, 6) is -0.635. The molecule has 5 nitrogen and oxygen atoms in total. The van der Waals surface area contributed by atoms with Gasteiger partial charge in [0.25, 0.3) is 11.5 Å². The highest BCUT2D eigenvalue weighted by atomic mass is 19.1. The highest BCUT2D eigenvalue weighted by Crippen LogP contribution is 2.23. The van der Waals surface area contributed by atoms with Gasteiger partial charge in [0.15, 0.2) is 0 Å². The summed E-state index contributed by atoms with van der Waals surface area (Å²) < 4.78 is 14.8. The number of rotatable bonds is 4. The van der Waals surface area contributed by atoms with Gasteiger partial charge in [0, 0.05) is 18.0 Å². The molecule has 0 bridgehead atoms. The first kappa shape index (κ1) is 19.8. The number of halogens is 1. The zero-order chi connectivity index (χ0) is 22.2. The predicted octanol–water partition coefficient (Wildman–Crippen LogP) is 5.08. The Bertz CT molecular complexity index is 1520. The number of aromatic nitrogens is 2. The van der Waals surface area contributed by atoms with Crippen molar-refractivity contribution in [3.8, 4) is 11.3 Å². The number of nitrogens with zero attached hydrogens (tertiary/aromatic N) is 1. The number of benzene rings is 3. The van der Waals surface area contributed by atoms with E-state index in [1.807, 2.05) is 49.4 Å². The fourth-order valence-electron chi connectivity index (χ4n) is 3.87. The number of amides is 1. The lowest BCUT2D eigenvalue weighted by Gasteiger charge is -2.13. The van der Waals surface area contributed by atoms with Crippen LogP contribution in [0, 0.1) is 5.82 Å². The minimum atomic E-state index is -0.326. The third-order valence-electron chi connectivity index (χ3n) is 5.64. The van der Waals surface area contributed by atoms with Gasteiger partial charge in [-0.3, -0.25) is 9.59 Å². The molecule has 0 aliphatic rings. The van der Waals surface area contributed by atoms with Gasteiger partial charge in [0.1, 0.15) is 11.3 Å². The van der Waals surface area contributed by atoms with Crippen LogP contribution in [0.3, 0.4) is 0 Å². The van der Waals surface area contributed by atoms with Crippen LogP contribution in [-0.4, -0.2) is 15.3 Å². The van der Waals surface area contributed by atoms with Gasteiger partial charge in [-0.05, 0) is 47.5 Å². The molecule has 2 N–H and O–H groups in total. The Kier molecular flexibility index (Phi) is 4.82. The average Bonchev–Trinajstić information content (AvgIpc) is 3.24. The maximum Gasteiger partial charge on any atom is 0.272 e. The third-order valence-corrected chi connectivity index (χ3v) is 5.64. The number of hydrogen-bond acceptors (Lipinski definition) is 2. The molecule has 5 aromatic rings. The van der Waals surface area contributed by atoms with Crippen molar-refractivity contribution in [2.45, 2.75) is 13.0 Å². The summed E-state index contributed by atoms with van der Waals surface area (Å²) in [6.07, 6.45) is 3.45. The van der Waals surface area contributed by atoms with E-state index >= 15 is 0 Å². The predicted molar refractivity (Wildman–Crippen MR) is 123 cm³/mol. The molecule has 0 fully saturated rings. The Morgan fingerprint density at radius 1 is 0.969 bits per heavy atom. The molecule has 0 saturated heterocycles. The molecule has 2 heterocycles. The highest BCUT2D eigenvalue weighted by molar-refractivity contribution is 5.96. The first-order valence-electron chi connectivity index (χ1n) is 10.3. The molecule has 0 spiro atoms. The van der Waals surface area contributed by atoms with Crippen LogP contribution in [0.2, 0.25) is 0 Å². The molecule has 3 aromatic carbocycles. The van der Waals surface area contributed by atoms with E-state index in [9.17, 15) is 14.0 Å². The number of carbonyl (C=O) groups excluding carboxylic acids is 1. The minimum Gasteiger partial charge on any atom is -0.345 e. The highest BCUT2D eigenvalue weighted by Gasteiger charge is 2.15. The third kappa shape index (κ3) is 3.67. The summed E-state index contributed by atoms with van der Waals surface area (Å²) in [5, 5.41) is 5.09. The molecule has 158 valence electrons. The quantitative estimate of drug-likeness (QED) is 0.422. The largest absolute Gasteiger partial charge is 0.345 e. The normalized spacial score (nSPS) is 12.2. The zero-order valence-corrected chi connectivity index (χ0v) is 17.3. The minimum absolute atomic E-state index is 0.277. The average molecular weight is 425 g/mol. The van der Waals surface area contributed by atoms with Crippen molar-refractivity contribution < 1.29 is 9.18 Å². The second-order valence-electron chi connectivity index (χ2n) is 7.83. The van der Waals surface area contributed by atoms with E-state index in [2.05, 4.69) is 10.3 Å². The molecule has 6 heteroatoms. The molecule has 2 aromatic heterocycles. The maximum atomic E-state index is 13.1. The second kappa shape index (κ2) is 7.81. The maximum absolute atomic E-state index is 13.1. The summed E-state index contributed by atoms with van der Waals surface area (Å²) in [4.78, 5) is 28.4. The van der Waals surface area contributed by atoms with Crippen LogP contribution in [0.4, 0.5) is 4.39 Å². The Labute approximate surface area is 183 Å². The van der Waals surface area contributed by atoms with E-state index in [4.69, 9.17) is 0 Å². The summed E-state index contributed by atoms with van der Waals surface area (Å²) in [6.45, 7) is 1.82. The van der Waals surface area contributed by atoms with E-state index in [1.54, 1.807) is 35.0 Å². The molecule has 0 unspecified atom stereocenters. The lowest BCUT2D eigenvalue weighted by molar-refractivity contribution is 0.0940. The fourth-order valence-corrected chi connectivity index (χ4v) is 3.87. The van der Waals surface area contributed by atoms with Crippen LogP contribution in [-0.2, 0) is 0 Å². The molecule has 0 aliphatic carbocycles. The van der Waals surface area contributed by atoms with Gasteiger partial charge in [0.2, 0.25) is 0 Å². The Morgan fingerprint density at radius 2 is 1.72 bits per heavy atom. The van der Waals surface area contributed by atoms with Crippen LogP contribution in [0.15, 0.2) is 90.0 Å². The van der Waals surface area contributed by atoms with Crippen LogP contribution in [0.5, 0.6) is 0 Å². The molecule has 0 aliphatic heterocycles. The molecule has 32 heavy (non-hydrogen) atoms. The van der Waals surface area contributed by atoms with Gasteiger partial charge in [0.05, 0.1) is 17.3 Å². The van der Waals surface area contributed by atoms with Crippen LogP contribution in [0.25, 0.3) is 27.5 Å². The molecular weight excluding hydrogens is 405 g/mol. The van der Waals surface area contributed by atoms with E-state index < -0.39 is 0 Å². The van der Waals surface area contributed by atoms with Crippen molar-refractivity contribution in [2.24, 2.45) is 0 Å². The van der Waals surface area contributed by atoms with Gasteiger partial charge in [-0.1, -0.05) is 48.5 Å². The van der Waals surface area contributed by atoms with E-state index in [1.165, 1.54) is 12.1 Å². The molecule has 5 rings (SSSR count). The molecule has 0 radical (unpaired) electrons. The standard InChI is InChI=1S/C26H20FN3O2/c1-16(17-8-10-22(27)11-9-17)28-25(31)21-13-24-26(32)29-23(15-30(24)14-21)20-7-6-18-4-2-3-5-19(18)12-20/h2-16H,1H3,(H,28,31)(H,29,32)/t16-/m0/s1. The number of hydrogen-bond donors (Lipinski definition) is 2. The Balaban J connectivity index is 1.45. The smallest absolute Gasteiger partial charge is 0.272 e. The van der Waals surface area contributed by atoms with Crippen molar-refractivity contribution in [2.75, 3.05) is 0 Å². The lowest BCUT2D eigenvalue weighted by Crippen LogP contribution is -2.26. The molecule has 1 amide bonds. The molecule has 1 atom stereocenters. The van der Waals surface area contributed by atoms with Gasteiger partial charge in [-0.2, -0.15) is 0 Å². The Hall–Kier alpha value is -4.19. The number of H-pyrrole nitrogens is 1. The summed E-state index contributed by atoms with van der Waals surface area (Å²) in [7, 11) is 0. The Morgan fingerprint density at radius 3 is 2.50 bits per heavy atom. The van der Waals surface area contributed by atoms with Crippen LogP contribution < -0.4 is 10.9 Å². The van der Waals surface area contributed by atoms with Crippen molar-refractivity contribution >= 4 is 22.2 Å². The summed E-state index contributed by atoms with van der Waals surface area (Å²) in [5.41, 5.74) is 2.82. The van der Waals surface area contributed by atoms with E-state index in [-0.39, 0.29) is 23.3 Å². The number of fused-ring (bicyclic) bond motifs is 2. The van der Waals surface area contributed by atoms with Gasteiger partial charge >= 0.3 is 0 Å². The van der Waals surface area contributed by atoms with Gasteiger partial charge in [-0.25, -0.2) is 4.39 Å². The van der Waals surface area contributed by atoms with Crippen LogP contribution in [0.1, 0.15) is 28.9 Å². The summed E-state index contributed by atoms with van der Waals surface area (Å²) in [6, 6.07) is 21.3. The second-order valence-corrected chi connectivity index (χ2v) is 7.83. The van der Waals surface area contributed by atoms with Crippen molar-refractivity contribution in [1.29, 1.82) is 0 Å². The van der Waals surface area contributed by atoms with Crippen molar-refractivity contribution in [3.05, 3.63) is 112 Å². The monoisotopic (exact) mass is 425 g/mol. The topological polar surface area (TPSA) is 66.4 Å². The SMILES string of the molecule is C[C@H](NC(=O)c1cc2c(=O)[nH]c(-c3ccc4ccccc4c3)cn2c1)c1ccc(F)cc1. The lowest BCUT2D eigenvalue weighted by atomic mass is 10.1. The summed E-state index contributed by atoms with van der Waals surface area (Å²) >= 11 is 0. The number of nitrogens with one attached hydrogen (secondary N) is 2. The molecule has 0 saturated carbocycles. The van der Waals surface area contributed by atoms with Crippen molar-refractivity contribution in [3.63, 3.8) is 0 Å². The zero-order valence-electron chi connectivity index (χ0n) is 17.3. The molecular formula is C26H20FN3O2. The van der Waals surface area contributed by atoms with E-state index in [0.29, 0.717) is 16.8 Å². The number of carbonyl (C=O) groups is 1.